The van der Waals surface area contributed by atoms with Crippen LogP contribution in [0.5, 0.6) is 0 Å². The molecule has 2 heteroatoms. The van der Waals surface area contributed by atoms with Gasteiger partial charge >= 0.3 is 0 Å². The summed E-state index contributed by atoms with van der Waals surface area (Å²) in [5.41, 5.74) is 1.97. The van der Waals surface area contributed by atoms with Gasteiger partial charge < -0.3 is 5.32 Å². The van der Waals surface area contributed by atoms with Crippen LogP contribution in [0.3, 0.4) is 0 Å². The minimum absolute atomic E-state index is 0.533. The maximum Gasteiger partial charge on any atom is 0.125 e. The molecule has 2 rings (SSSR count). The van der Waals surface area contributed by atoms with Crippen LogP contribution in [0.25, 0.3) is 0 Å². The molecule has 0 aliphatic carbocycles. The Hall–Kier alpha value is -0.890. The van der Waals surface area contributed by atoms with Gasteiger partial charge in [0.05, 0.1) is 0 Å². The lowest BCUT2D eigenvalue weighted by Gasteiger charge is -2.28. The zero-order chi connectivity index (χ0) is 9.97. The highest BCUT2D eigenvalue weighted by molar-refractivity contribution is 5.24. The lowest BCUT2D eigenvalue weighted by atomic mass is 9.93. The molecule has 1 aliphatic heterocycles. The smallest absolute Gasteiger partial charge is 0.125 e. The molecule has 1 saturated heterocycles. The van der Waals surface area contributed by atoms with E-state index in [9.17, 15) is 4.39 Å². The Balaban J connectivity index is 1.98. The molecule has 1 N–H and O–H groups in total. The van der Waals surface area contributed by atoms with E-state index in [1.54, 1.807) is 0 Å². The second-order valence-electron chi connectivity index (χ2n) is 4.14. The molecule has 0 radical (unpaired) electrons. The van der Waals surface area contributed by atoms with Gasteiger partial charge in [0, 0.05) is 0 Å². The predicted molar refractivity (Wildman–Crippen MR) is 56.0 cm³/mol. The van der Waals surface area contributed by atoms with Gasteiger partial charge in [0.1, 0.15) is 6.17 Å². The molecular weight excluding hydrogens is 177 g/mol. The molecule has 0 bridgehead atoms. The van der Waals surface area contributed by atoms with Crippen LogP contribution in [-0.2, 0) is 0 Å². The molecule has 0 aromatic heterocycles. The number of hydrogen-bond donors (Lipinski definition) is 1. The minimum atomic E-state index is -0.790. The highest BCUT2D eigenvalue weighted by Crippen LogP contribution is 2.27. The van der Waals surface area contributed by atoms with Crippen molar-refractivity contribution in [3.05, 3.63) is 35.4 Å². The Labute approximate surface area is 84.3 Å². The van der Waals surface area contributed by atoms with Crippen molar-refractivity contribution >= 4 is 0 Å². The van der Waals surface area contributed by atoms with Crippen LogP contribution in [0.15, 0.2) is 24.3 Å². The van der Waals surface area contributed by atoms with Gasteiger partial charge in [-0.05, 0) is 37.9 Å². The number of aryl methyl sites for hydroxylation is 1. The van der Waals surface area contributed by atoms with E-state index >= 15 is 0 Å². The Morgan fingerprint density at radius 2 is 2.29 bits per heavy atom. The lowest BCUT2D eigenvalue weighted by Crippen LogP contribution is -2.42. The van der Waals surface area contributed by atoms with E-state index in [1.165, 1.54) is 0 Å². The van der Waals surface area contributed by atoms with Gasteiger partial charge in [-0.1, -0.05) is 29.8 Å². The fourth-order valence-corrected chi connectivity index (χ4v) is 1.81. The first-order chi connectivity index (χ1) is 6.75. The van der Waals surface area contributed by atoms with Crippen LogP contribution in [0.2, 0.25) is 0 Å². The van der Waals surface area contributed by atoms with E-state index in [0.717, 1.165) is 24.2 Å². The summed E-state index contributed by atoms with van der Waals surface area (Å²) in [6, 6.07) is 7.75. The SMILES string of the molecule is Cc1cccc(C(F)CC2CNC2)c1. The van der Waals surface area contributed by atoms with Gasteiger partial charge in [0.25, 0.3) is 0 Å². The van der Waals surface area contributed by atoms with Gasteiger partial charge in [-0.25, -0.2) is 4.39 Å². The van der Waals surface area contributed by atoms with Gasteiger partial charge in [-0.3, -0.25) is 0 Å². The first-order valence-corrected chi connectivity index (χ1v) is 5.17. The van der Waals surface area contributed by atoms with Crippen molar-refractivity contribution in [2.24, 2.45) is 5.92 Å². The molecule has 1 aliphatic rings. The predicted octanol–water partition coefficient (Wildman–Crippen LogP) is 2.62. The number of halogens is 1. The van der Waals surface area contributed by atoms with Crippen molar-refractivity contribution in [3.63, 3.8) is 0 Å². The summed E-state index contributed by atoms with van der Waals surface area (Å²) in [5.74, 6) is 0.533. The highest BCUT2D eigenvalue weighted by Gasteiger charge is 2.22. The van der Waals surface area contributed by atoms with Crippen molar-refractivity contribution in [1.29, 1.82) is 0 Å². The monoisotopic (exact) mass is 193 g/mol. The van der Waals surface area contributed by atoms with Crippen LogP contribution in [0.1, 0.15) is 23.7 Å². The second-order valence-corrected chi connectivity index (χ2v) is 4.14. The van der Waals surface area contributed by atoms with E-state index in [0.29, 0.717) is 12.3 Å². The molecule has 1 atom stereocenters. The van der Waals surface area contributed by atoms with Crippen molar-refractivity contribution in [1.82, 2.24) is 5.32 Å². The van der Waals surface area contributed by atoms with Crippen molar-refractivity contribution in [2.75, 3.05) is 13.1 Å². The Morgan fingerprint density at radius 3 is 2.86 bits per heavy atom. The maximum absolute atomic E-state index is 13.8. The number of alkyl halides is 1. The molecule has 0 amide bonds. The van der Waals surface area contributed by atoms with Gasteiger partial charge in [0.2, 0.25) is 0 Å². The average Bonchev–Trinajstić information content (AvgIpc) is 2.11. The lowest BCUT2D eigenvalue weighted by molar-refractivity contribution is 0.224. The van der Waals surface area contributed by atoms with E-state index in [-0.39, 0.29) is 0 Å². The summed E-state index contributed by atoms with van der Waals surface area (Å²) in [5, 5.41) is 3.16. The molecule has 1 nitrogen and oxygen atoms in total. The van der Waals surface area contributed by atoms with E-state index in [1.807, 2.05) is 31.2 Å². The largest absolute Gasteiger partial charge is 0.316 e. The standard InChI is InChI=1S/C12H16FN/c1-9-3-2-4-11(5-9)12(13)6-10-7-14-8-10/h2-5,10,12,14H,6-8H2,1H3. The summed E-state index contributed by atoms with van der Waals surface area (Å²) in [6.45, 7) is 3.96. The van der Waals surface area contributed by atoms with Crippen LogP contribution in [0.4, 0.5) is 4.39 Å². The summed E-state index contributed by atoms with van der Waals surface area (Å²) in [6.07, 6.45) is -0.127. The molecule has 1 fully saturated rings. The summed E-state index contributed by atoms with van der Waals surface area (Å²) in [7, 11) is 0. The molecular formula is C12H16FN. The van der Waals surface area contributed by atoms with Crippen LogP contribution >= 0.6 is 0 Å². The third-order valence-corrected chi connectivity index (χ3v) is 2.81. The van der Waals surface area contributed by atoms with Crippen LogP contribution in [0, 0.1) is 12.8 Å². The quantitative estimate of drug-likeness (QED) is 0.778. The number of benzene rings is 1. The number of rotatable bonds is 3. The Bertz CT molecular complexity index is 307. The Morgan fingerprint density at radius 1 is 1.50 bits per heavy atom. The van der Waals surface area contributed by atoms with Crippen molar-refractivity contribution in [3.8, 4) is 0 Å². The van der Waals surface area contributed by atoms with Gasteiger partial charge in [-0.15, -0.1) is 0 Å². The van der Waals surface area contributed by atoms with Crippen LogP contribution in [-0.4, -0.2) is 13.1 Å². The average molecular weight is 193 g/mol. The fourth-order valence-electron chi connectivity index (χ4n) is 1.81. The molecule has 0 saturated carbocycles. The first-order valence-electron chi connectivity index (χ1n) is 5.17. The number of hydrogen-bond acceptors (Lipinski definition) is 1. The zero-order valence-corrected chi connectivity index (χ0v) is 8.46. The van der Waals surface area contributed by atoms with Crippen molar-refractivity contribution < 1.29 is 4.39 Å². The topological polar surface area (TPSA) is 12.0 Å². The second kappa shape index (κ2) is 4.09. The summed E-state index contributed by atoms with van der Waals surface area (Å²) < 4.78 is 13.8. The van der Waals surface area contributed by atoms with Gasteiger partial charge in [0.15, 0.2) is 0 Å². The maximum atomic E-state index is 13.8. The third kappa shape index (κ3) is 2.13. The summed E-state index contributed by atoms with van der Waals surface area (Å²) in [4.78, 5) is 0. The molecule has 76 valence electrons. The third-order valence-electron chi connectivity index (χ3n) is 2.81. The Kier molecular flexibility index (Phi) is 2.82. The van der Waals surface area contributed by atoms with E-state index in [4.69, 9.17) is 0 Å². The normalized spacial score (nSPS) is 19.0. The van der Waals surface area contributed by atoms with E-state index < -0.39 is 6.17 Å². The molecule has 14 heavy (non-hydrogen) atoms. The molecule has 0 spiro atoms. The van der Waals surface area contributed by atoms with Gasteiger partial charge in [-0.2, -0.15) is 0 Å². The molecule has 1 aromatic carbocycles. The fraction of sp³-hybridized carbons (Fsp3) is 0.500. The number of nitrogens with one attached hydrogen (secondary N) is 1. The van der Waals surface area contributed by atoms with Crippen LogP contribution < -0.4 is 5.32 Å². The molecule has 1 aromatic rings. The minimum Gasteiger partial charge on any atom is -0.316 e. The van der Waals surface area contributed by atoms with Crippen molar-refractivity contribution in [2.45, 2.75) is 19.5 Å². The highest BCUT2D eigenvalue weighted by atomic mass is 19.1. The first kappa shape index (κ1) is 9.66. The summed E-state index contributed by atoms with van der Waals surface area (Å²) >= 11 is 0. The van der Waals surface area contributed by atoms with E-state index in [2.05, 4.69) is 5.32 Å². The molecule has 1 heterocycles. The zero-order valence-electron chi connectivity index (χ0n) is 8.46. The molecule has 1 unspecified atom stereocenters.